The zero-order valence-corrected chi connectivity index (χ0v) is 9.72. The zero-order valence-electron chi connectivity index (χ0n) is 9.72. The van der Waals surface area contributed by atoms with Crippen molar-refractivity contribution in [1.29, 1.82) is 0 Å². The first kappa shape index (κ1) is 11.1. The molecule has 0 amide bonds. The highest BCUT2D eigenvalue weighted by atomic mass is 16.5. The van der Waals surface area contributed by atoms with Gasteiger partial charge in [-0.05, 0) is 19.4 Å². The molecule has 3 heteroatoms. The molecule has 1 unspecified atom stereocenters. The molecule has 1 fully saturated rings. The second kappa shape index (κ2) is 4.66. The van der Waals surface area contributed by atoms with Crippen LogP contribution in [0.25, 0.3) is 0 Å². The normalized spacial score (nSPS) is 24.9. The van der Waals surface area contributed by atoms with Gasteiger partial charge in [0, 0.05) is 12.6 Å². The van der Waals surface area contributed by atoms with Crippen molar-refractivity contribution in [2.75, 3.05) is 13.2 Å². The number of benzene rings is 1. The summed E-state index contributed by atoms with van der Waals surface area (Å²) in [5, 5.41) is 0. The van der Waals surface area contributed by atoms with E-state index in [1.165, 1.54) is 5.56 Å². The highest BCUT2D eigenvalue weighted by molar-refractivity contribution is 5.79. The lowest BCUT2D eigenvalue weighted by Crippen LogP contribution is -2.18. The van der Waals surface area contributed by atoms with Crippen LogP contribution in [0, 0.1) is 0 Å². The molecule has 3 nitrogen and oxygen atoms in total. The third-order valence-electron chi connectivity index (χ3n) is 2.99. The Bertz CT molecular complexity index is 363. The molecular formula is C13H17NO2. The fourth-order valence-corrected chi connectivity index (χ4v) is 1.95. The summed E-state index contributed by atoms with van der Waals surface area (Å²) >= 11 is 0. The molecule has 1 saturated heterocycles. The van der Waals surface area contributed by atoms with Gasteiger partial charge in [0.1, 0.15) is 6.04 Å². The molecule has 0 spiro atoms. The Hall–Kier alpha value is -1.35. The minimum Gasteiger partial charge on any atom is -0.465 e. The predicted octanol–water partition coefficient (Wildman–Crippen LogP) is 1.99. The van der Waals surface area contributed by atoms with Gasteiger partial charge in [0.15, 0.2) is 0 Å². The third kappa shape index (κ3) is 2.25. The molecule has 1 aliphatic heterocycles. The monoisotopic (exact) mass is 219 g/mol. The number of rotatable bonds is 4. The van der Waals surface area contributed by atoms with E-state index in [1.807, 2.05) is 25.1 Å². The molecule has 86 valence electrons. The first-order valence-corrected chi connectivity index (χ1v) is 5.71. The topological polar surface area (TPSA) is 29.3 Å². The van der Waals surface area contributed by atoms with Gasteiger partial charge in [-0.15, -0.1) is 0 Å². The number of ether oxygens (including phenoxy) is 1. The predicted molar refractivity (Wildman–Crippen MR) is 62.0 cm³/mol. The van der Waals surface area contributed by atoms with Crippen molar-refractivity contribution in [3.05, 3.63) is 35.9 Å². The second-order valence-corrected chi connectivity index (χ2v) is 4.05. The van der Waals surface area contributed by atoms with Crippen LogP contribution in [0.4, 0.5) is 0 Å². The van der Waals surface area contributed by atoms with E-state index in [0.29, 0.717) is 6.61 Å². The first-order chi connectivity index (χ1) is 7.74. The highest BCUT2D eigenvalue weighted by Crippen LogP contribution is 2.32. The van der Waals surface area contributed by atoms with Crippen LogP contribution in [-0.4, -0.2) is 30.1 Å². The number of nitrogens with zero attached hydrogens (tertiary/aromatic N) is 1. The van der Waals surface area contributed by atoms with E-state index in [2.05, 4.69) is 24.0 Å². The maximum Gasteiger partial charge on any atom is 0.324 e. The van der Waals surface area contributed by atoms with Crippen molar-refractivity contribution in [3.63, 3.8) is 0 Å². The second-order valence-electron chi connectivity index (χ2n) is 4.05. The van der Waals surface area contributed by atoms with Crippen LogP contribution >= 0.6 is 0 Å². The van der Waals surface area contributed by atoms with Gasteiger partial charge < -0.3 is 4.74 Å². The lowest BCUT2D eigenvalue weighted by Gasteiger charge is -2.13. The van der Waals surface area contributed by atoms with Crippen molar-refractivity contribution in [3.8, 4) is 0 Å². The minimum absolute atomic E-state index is 0.0323. The van der Waals surface area contributed by atoms with E-state index in [-0.39, 0.29) is 18.1 Å². The highest BCUT2D eigenvalue weighted by Gasteiger charge is 2.44. The average Bonchev–Trinajstić information content (AvgIpc) is 3.09. The summed E-state index contributed by atoms with van der Waals surface area (Å²) < 4.78 is 5.00. The van der Waals surface area contributed by atoms with E-state index in [1.54, 1.807) is 0 Å². The Morgan fingerprint density at radius 2 is 2.19 bits per heavy atom. The minimum atomic E-state index is -0.0923. The smallest absolute Gasteiger partial charge is 0.324 e. The quantitative estimate of drug-likeness (QED) is 0.573. The molecule has 0 N–H and O–H groups in total. The molecule has 1 aliphatic rings. The van der Waals surface area contributed by atoms with Crippen molar-refractivity contribution in [1.82, 2.24) is 4.90 Å². The summed E-state index contributed by atoms with van der Waals surface area (Å²) in [4.78, 5) is 13.6. The van der Waals surface area contributed by atoms with Crippen molar-refractivity contribution < 1.29 is 9.53 Å². The molecule has 16 heavy (non-hydrogen) atoms. The molecule has 1 aromatic carbocycles. The molecule has 0 radical (unpaired) electrons. The van der Waals surface area contributed by atoms with Gasteiger partial charge in [0.2, 0.25) is 0 Å². The van der Waals surface area contributed by atoms with Crippen LogP contribution in [0.3, 0.4) is 0 Å². The van der Waals surface area contributed by atoms with Crippen LogP contribution < -0.4 is 0 Å². The van der Waals surface area contributed by atoms with E-state index < -0.39 is 0 Å². The van der Waals surface area contributed by atoms with Crippen LogP contribution in [0.5, 0.6) is 0 Å². The molecule has 3 atom stereocenters. The van der Waals surface area contributed by atoms with Gasteiger partial charge in [-0.2, -0.15) is 0 Å². The van der Waals surface area contributed by atoms with E-state index in [4.69, 9.17) is 4.74 Å². The SMILES string of the molecule is CCOC(=O)[C@H]1CN1[C@H](C)c1ccccc1. The van der Waals surface area contributed by atoms with Gasteiger partial charge in [-0.25, -0.2) is 0 Å². The van der Waals surface area contributed by atoms with Crippen molar-refractivity contribution >= 4 is 5.97 Å². The number of esters is 1. The number of carbonyl (C=O) groups is 1. The molecule has 0 aliphatic carbocycles. The Balaban J connectivity index is 1.94. The van der Waals surface area contributed by atoms with Crippen LogP contribution in [0.15, 0.2) is 30.3 Å². The molecule has 0 saturated carbocycles. The fraction of sp³-hybridized carbons (Fsp3) is 0.462. The molecule has 0 aromatic heterocycles. The van der Waals surface area contributed by atoms with Gasteiger partial charge in [0.25, 0.3) is 0 Å². The van der Waals surface area contributed by atoms with Gasteiger partial charge in [-0.3, -0.25) is 9.69 Å². The maximum atomic E-state index is 11.5. The van der Waals surface area contributed by atoms with E-state index in [9.17, 15) is 4.79 Å². The summed E-state index contributed by atoms with van der Waals surface area (Å²) in [7, 11) is 0. The Labute approximate surface area is 96.0 Å². The molecule has 0 bridgehead atoms. The number of carbonyl (C=O) groups excluding carboxylic acids is 1. The Morgan fingerprint density at radius 1 is 1.50 bits per heavy atom. The van der Waals surface area contributed by atoms with E-state index in [0.717, 1.165) is 6.54 Å². The molecule has 2 rings (SSSR count). The molecule has 1 aromatic rings. The van der Waals surface area contributed by atoms with Gasteiger partial charge >= 0.3 is 5.97 Å². The zero-order chi connectivity index (χ0) is 11.5. The van der Waals surface area contributed by atoms with Crippen molar-refractivity contribution in [2.24, 2.45) is 0 Å². The standard InChI is InChI=1S/C13H17NO2/c1-3-16-13(15)12-9-14(12)10(2)11-7-5-4-6-8-11/h4-8,10,12H,3,9H2,1-2H3/t10-,12-,14?/m1/s1. The van der Waals surface area contributed by atoms with Crippen LogP contribution in [0.2, 0.25) is 0 Å². The molecular weight excluding hydrogens is 202 g/mol. The van der Waals surface area contributed by atoms with Gasteiger partial charge in [-0.1, -0.05) is 30.3 Å². The van der Waals surface area contributed by atoms with E-state index >= 15 is 0 Å². The average molecular weight is 219 g/mol. The largest absolute Gasteiger partial charge is 0.465 e. The summed E-state index contributed by atoms with van der Waals surface area (Å²) in [6, 6.07) is 10.5. The van der Waals surface area contributed by atoms with Crippen molar-refractivity contribution in [2.45, 2.75) is 25.9 Å². The van der Waals surface area contributed by atoms with Crippen LogP contribution in [0.1, 0.15) is 25.5 Å². The summed E-state index contributed by atoms with van der Waals surface area (Å²) in [5.74, 6) is -0.0923. The third-order valence-corrected chi connectivity index (χ3v) is 2.99. The van der Waals surface area contributed by atoms with Gasteiger partial charge in [0.05, 0.1) is 6.61 Å². The maximum absolute atomic E-state index is 11.5. The summed E-state index contributed by atoms with van der Waals surface area (Å²) in [6.45, 7) is 5.23. The number of hydrogen-bond donors (Lipinski definition) is 0. The number of hydrogen-bond acceptors (Lipinski definition) is 3. The fourth-order valence-electron chi connectivity index (χ4n) is 1.95. The summed E-state index contributed by atoms with van der Waals surface area (Å²) in [6.07, 6.45) is 0. The Kier molecular flexibility index (Phi) is 3.25. The molecule has 1 heterocycles. The lowest BCUT2D eigenvalue weighted by molar-refractivity contribution is -0.143. The lowest BCUT2D eigenvalue weighted by atomic mass is 10.1. The van der Waals surface area contributed by atoms with Crippen LogP contribution in [-0.2, 0) is 9.53 Å². The first-order valence-electron chi connectivity index (χ1n) is 5.71. The summed E-state index contributed by atoms with van der Waals surface area (Å²) in [5.41, 5.74) is 1.24. The Morgan fingerprint density at radius 3 is 2.81 bits per heavy atom.